The molecule has 1 aromatic carbocycles. The highest BCUT2D eigenvalue weighted by atomic mass is 14.8. The minimum absolute atomic E-state index is 0.0805. The molecule has 0 unspecified atom stereocenters. The Morgan fingerprint density at radius 3 is 2.10 bits per heavy atom. The molecular formula is C27H22N4. The van der Waals surface area contributed by atoms with Gasteiger partial charge in [0.05, 0.1) is 23.0 Å². The number of allylic oxidation sites excluding steroid dienone is 2. The molecule has 4 nitrogen and oxygen atoms in total. The van der Waals surface area contributed by atoms with Crippen molar-refractivity contribution in [1.29, 1.82) is 0 Å². The van der Waals surface area contributed by atoms with Crippen molar-refractivity contribution in [2.75, 3.05) is 0 Å². The summed E-state index contributed by atoms with van der Waals surface area (Å²) in [5.41, 5.74) is 8.37. The number of nitrogens with zero attached hydrogens (tertiary/aromatic N) is 3. The standard InChI is InChI=1S/C27H22N4/c1-19-10-12-20(13-11-19)26(21-9-6-18-30-21)24-14-15-25(31-24)27(22-7-2-4-16-28-22)23-8-3-5-17-29-23/h2-18,27,31H,1H3/b26-21-. The second-order valence-corrected chi connectivity index (χ2v) is 7.53. The summed E-state index contributed by atoms with van der Waals surface area (Å²) in [6, 6.07) is 24.8. The van der Waals surface area contributed by atoms with Crippen LogP contribution in [-0.4, -0.2) is 21.2 Å². The first-order valence-corrected chi connectivity index (χ1v) is 10.3. The molecule has 3 aromatic heterocycles. The first-order chi connectivity index (χ1) is 15.3. The van der Waals surface area contributed by atoms with E-state index >= 15 is 0 Å². The minimum atomic E-state index is -0.0805. The topological polar surface area (TPSA) is 53.9 Å². The van der Waals surface area contributed by atoms with Crippen LogP contribution in [0.3, 0.4) is 0 Å². The molecule has 4 heterocycles. The molecule has 1 N–H and O–H groups in total. The van der Waals surface area contributed by atoms with Gasteiger partial charge in [0.15, 0.2) is 0 Å². The normalized spacial score (nSPS) is 14.4. The molecule has 0 aliphatic carbocycles. The number of pyridine rings is 2. The highest BCUT2D eigenvalue weighted by Crippen LogP contribution is 2.33. The fraction of sp³-hybridized carbons (Fsp3) is 0.0741. The number of hydrogen-bond acceptors (Lipinski definition) is 3. The van der Waals surface area contributed by atoms with Gasteiger partial charge in [0.2, 0.25) is 0 Å². The van der Waals surface area contributed by atoms with Crippen LogP contribution in [0, 0.1) is 6.92 Å². The third-order valence-electron chi connectivity index (χ3n) is 5.41. The predicted molar refractivity (Wildman–Crippen MR) is 125 cm³/mol. The van der Waals surface area contributed by atoms with E-state index in [1.165, 1.54) is 5.56 Å². The van der Waals surface area contributed by atoms with Crippen LogP contribution >= 0.6 is 0 Å². The van der Waals surface area contributed by atoms with Crippen molar-refractivity contribution in [3.8, 4) is 0 Å². The van der Waals surface area contributed by atoms with Crippen LogP contribution in [-0.2, 0) is 0 Å². The van der Waals surface area contributed by atoms with Crippen LogP contribution < -0.4 is 0 Å². The van der Waals surface area contributed by atoms with Crippen LogP contribution in [0.25, 0.3) is 5.57 Å². The lowest BCUT2D eigenvalue weighted by atomic mass is 9.96. The van der Waals surface area contributed by atoms with E-state index in [0.29, 0.717) is 0 Å². The largest absolute Gasteiger partial charge is 0.357 e. The average molecular weight is 403 g/mol. The van der Waals surface area contributed by atoms with Gasteiger partial charge in [-0.25, -0.2) is 0 Å². The summed E-state index contributed by atoms with van der Waals surface area (Å²) in [6.07, 6.45) is 9.50. The molecular weight excluding hydrogens is 380 g/mol. The van der Waals surface area contributed by atoms with Gasteiger partial charge in [-0.05, 0) is 61.0 Å². The van der Waals surface area contributed by atoms with E-state index in [-0.39, 0.29) is 5.92 Å². The van der Waals surface area contributed by atoms with Gasteiger partial charge >= 0.3 is 0 Å². The van der Waals surface area contributed by atoms with E-state index < -0.39 is 0 Å². The fourth-order valence-corrected chi connectivity index (χ4v) is 3.90. The fourth-order valence-electron chi connectivity index (χ4n) is 3.90. The molecule has 0 atom stereocenters. The molecule has 0 saturated carbocycles. The number of H-pyrrole nitrogens is 1. The Kier molecular flexibility index (Phi) is 5.11. The van der Waals surface area contributed by atoms with Crippen molar-refractivity contribution in [3.63, 3.8) is 0 Å². The molecule has 0 radical (unpaired) electrons. The van der Waals surface area contributed by atoms with E-state index in [1.54, 1.807) is 0 Å². The summed E-state index contributed by atoms with van der Waals surface area (Å²) in [4.78, 5) is 17.5. The summed E-state index contributed by atoms with van der Waals surface area (Å²) in [5, 5.41) is 0. The molecule has 150 valence electrons. The summed E-state index contributed by atoms with van der Waals surface area (Å²) in [6.45, 7) is 2.10. The Labute approximate surface area is 181 Å². The molecule has 0 bridgehead atoms. The molecule has 1 aliphatic rings. The predicted octanol–water partition coefficient (Wildman–Crippen LogP) is 5.69. The molecule has 0 spiro atoms. The van der Waals surface area contributed by atoms with Crippen molar-refractivity contribution in [2.45, 2.75) is 12.8 Å². The van der Waals surface area contributed by atoms with Gasteiger partial charge in [-0.1, -0.05) is 42.0 Å². The lowest BCUT2D eigenvalue weighted by molar-refractivity contribution is 0.847. The lowest BCUT2D eigenvalue weighted by Crippen LogP contribution is -2.07. The summed E-state index contributed by atoms with van der Waals surface area (Å²) < 4.78 is 0. The van der Waals surface area contributed by atoms with Crippen LogP contribution in [0.5, 0.6) is 0 Å². The molecule has 31 heavy (non-hydrogen) atoms. The Hall–Kier alpha value is -4.05. The third-order valence-corrected chi connectivity index (χ3v) is 5.41. The average Bonchev–Trinajstić information content (AvgIpc) is 3.51. The first kappa shape index (κ1) is 18.9. The van der Waals surface area contributed by atoms with Gasteiger partial charge in [0.1, 0.15) is 0 Å². The van der Waals surface area contributed by atoms with E-state index in [4.69, 9.17) is 0 Å². The highest BCUT2D eigenvalue weighted by molar-refractivity contribution is 5.88. The Balaban J connectivity index is 1.63. The van der Waals surface area contributed by atoms with Crippen LogP contribution in [0.15, 0.2) is 108 Å². The van der Waals surface area contributed by atoms with Gasteiger partial charge < -0.3 is 4.98 Å². The Morgan fingerprint density at radius 1 is 0.806 bits per heavy atom. The lowest BCUT2D eigenvalue weighted by Gasteiger charge is -2.15. The van der Waals surface area contributed by atoms with Crippen molar-refractivity contribution < 1.29 is 0 Å². The van der Waals surface area contributed by atoms with Gasteiger partial charge in [0.25, 0.3) is 0 Å². The van der Waals surface area contributed by atoms with Gasteiger partial charge in [0, 0.05) is 35.6 Å². The zero-order chi connectivity index (χ0) is 21.0. The monoisotopic (exact) mass is 402 g/mol. The van der Waals surface area contributed by atoms with Crippen LogP contribution in [0.4, 0.5) is 0 Å². The number of aromatic nitrogens is 3. The first-order valence-electron chi connectivity index (χ1n) is 10.3. The van der Waals surface area contributed by atoms with E-state index in [1.807, 2.05) is 67.2 Å². The summed E-state index contributed by atoms with van der Waals surface area (Å²) in [7, 11) is 0. The molecule has 0 amide bonds. The maximum atomic E-state index is 4.62. The number of nitrogens with one attached hydrogen (secondary N) is 1. The number of rotatable bonds is 5. The van der Waals surface area contributed by atoms with E-state index in [0.717, 1.165) is 39.6 Å². The number of aromatic amines is 1. The molecule has 4 aromatic rings. The number of aliphatic imine (C=N–C) groups is 1. The summed E-state index contributed by atoms with van der Waals surface area (Å²) >= 11 is 0. The number of aryl methyl sites for hydroxylation is 1. The summed E-state index contributed by atoms with van der Waals surface area (Å²) in [5.74, 6) is -0.0805. The molecule has 0 saturated heterocycles. The zero-order valence-corrected chi connectivity index (χ0v) is 17.2. The van der Waals surface area contributed by atoms with E-state index in [2.05, 4.69) is 63.3 Å². The SMILES string of the molecule is Cc1ccc(/C(=C2\C=CC=N2)c2ccc(C(c3ccccn3)c3ccccn3)[nH]2)cc1. The second-order valence-electron chi connectivity index (χ2n) is 7.53. The van der Waals surface area contributed by atoms with Crippen molar-refractivity contribution in [3.05, 3.63) is 137 Å². The smallest absolute Gasteiger partial charge is 0.0835 e. The Bertz CT molecular complexity index is 1210. The second kappa shape index (κ2) is 8.36. The molecule has 5 rings (SSSR count). The number of hydrogen-bond donors (Lipinski definition) is 1. The molecule has 4 heteroatoms. The Morgan fingerprint density at radius 2 is 1.52 bits per heavy atom. The van der Waals surface area contributed by atoms with Gasteiger partial charge in [-0.3, -0.25) is 15.0 Å². The quantitative estimate of drug-likeness (QED) is 0.466. The van der Waals surface area contributed by atoms with Crippen molar-refractivity contribution in [2.24, 2.45) is 4.99 Å². The van der Waals surface area contributed by atoms with Crippen LogP contribution in [0.2, 0.25) is 0 Å². The maximum Gasteiger partial charge on any atom is 0.0835 e. The number of benzene rings is 1. The van der Waals surface area contributed by atoms with E-state index in [9.17, 15) is 0 Å². The highest BCUT2D eigenvalue weighted by Gasteiger charge is 2.22. The van der Waals surface area contributed by atoms with Crippen molar-refractivity contribution >= 4 is 11.8 Å². The third kappa shape index (κ3) is 3.88. The minimum Gasteiger partial charge on any atom is -0.357 e. The van der Waals surface area contributed by atoms with Crippen molar-refractivity contribution in [1.82, 2.24) is 15.0 Å². The van der Waals surface area contributed by atoms with Crippen LogP contribution in [0.1, 0.15) is 39.8 Å². The maximum absolute atomic E-state index is 4.62. The molecule has 1 aliphatic heterocycles. The van der Waals surface area contributed by atoms with Gasteiger partial charge in [-0.15, -0.1) is 0 Å². The molecule has 0 fully saturated rings. The zero-order valence-electron chi connectivity index (χ0n) is 17.2. The van der Waals surface area contributed by atoms with Gasteiger partial charge in [-0.2, -0.15) is 0 Å².